The summed E-state index contributed by atoms with van der Waals surface area (Å²) in [6.45, 7) is 4.72. The van der Waals surface area contributed by atoms with Gasteiger partial charge in [0.1, 0.15) is 0 Å². The molecule has 92 valence electrons. The summed E-state index contributed by atoms with van der Waals surface area (Å²) in [6, 6.07) is 10.6. The predicted molar refractivity (Wildman–Crippen MR) is 73.8 cm³/mol. The summed E-state index contributed by atoms with van der Waals surface area (Å²) in [6.07, 6.45) is 2.02. The SMILES string of the molecule is c1ccc2ncc(N3CC4CNCC4C3)cc2c1. The molecule has 2 unspecified atom stereocenters. The van der Waals surface area contributed by atoms with Gasteiger partial charge in [-0.05, 0) is 24.0 Å². The van der Waals surface area contributed by atoms with E-state index in [4.69, 9.17) is 0 Å². The molecule has 0 amide bonds. The average Bonchev–Trinajstić information content (AvgIpc) is 2.99. The Bertz CT molecular complexity index is 569. The first-order valence-corrected chi connectivity index (χ1v) is 6.70. The molecule has 18 heavy (non-hydrogen) atoms. The van der Waals surface area contributed by atoms with Crippen LogP contribution in [0.2, 0.25) is 0 Å². The molecule has 3 heteroatoms. The minimum atomic E-state index is 0.830. The van der Waals surface area contributed by atoms with Crippen LogP contribution in [0.25, 0.3) is 10.9 Å². The summed E-state index contributed by atoms with van der Waals surface area (Å²) in [5, 5.41) is 4.72. The van der Waals surface area contributed by atoms with E-state index >= 15 is 0 Å². The Morgan fingerprint density at radius 3 is 2.72 bits per heavy atom. The molecule has 2 aliphatic rings. The highest BCUT2D eigenvalue weighted by Crippen LogP contribution is 2.31. The van der Waals surface area contributed by atoms with Crippen LogP contribution in [-0.4, -0.2) is 31.2 Å². The number of pyridine rings is 1. The van der Waals surface area contributed by atoms with Gasteiger partial charge in [-0.15, -0.1) is 0 Å². The van der Waals surface area contributed by atoms with Crippen LogP contribution >= 0.6 is 0 Å². The Hall–Kier alpha value is -1.61. The van der Waals surface area contributed by atoms with E-state index in [0.29, 0.717) is 0 Å². The van der Waals surface area contributed by atoms with Crippen LogP contribution in [0.15, 0.2) is 36.5 Å². The third-order valence-corrected chi connectivity index (χ3v) is 4.33. The molecule has 0 saturated carbocycles. The second-order valence-electron chi connectivity index (χ2n) is 5.47. The Kier molecular flexibility index (Phi) is 2.27. The van der Waals surface area contributed by atoms with Gasteiger partial charge in [0.15, 0.2) is 0 Å². The molecular formula is C15H17N3. The number of benzene rings is 1. The molecule has 0 aliphatic carbocycles. The lowest BCUT2D eigenvalue weighted by molar-refractivity contribution is 0.533. The standard InChI is InChI=1S/C15H17N3/c1-2-4-15-11(3-1)5-14(8-17-15)18-9-12-6-16-7-13(12)10-18/h1-5,8,12-13,16H,6-7,9-10H2. The molecule has 2 fully saturated rings. The van der Waals surface area contributed by atoms with Gasteiger partial charge in [-0.2, -0.15) is 0 Å². The Morgan fingerprint density at radius 1 is 1.11 bits per heavy atom. The molecule has 1 aromatic carbocycles. The van der Waals surface area contributed by atoms with Crippen molar-refractivity contribution in [3.63, 3.8) is 0 Å². The molecule has 0 radical (unpaired) electrons. The van der Waals surface area contributed by atoms with E-state index in [1.165, 1.54) is 37.3 Å². The van der Waals surface area contributed by atoms with E-state index in [2.05, 4.69) is 39.5 Å². The van der Waals surface area contributed by atoms with Crippen LogP contribution in [0.3, 0.4) is 0 Å². The highest BCUT2D eigenvalue weighted by molar-refractivity contribution is 5.81. The summed E-state index contributed by atoms with van der Waals surface area (Å²) in [5.74, 6) is 1.66. The lowest BCUT2D eigenvalue weighted by Gasteiger charge is -2.19. The Labute approximate surface area is 107 Å². The minimum absolute atomic E-state index is 0.830. The van der Waals surface area contributed by atoms with Crippen molar-refractivity contribution in [3.8, 4) is 0 Å². The quantitative estimate of drug-likeness (QED) is 0.823. The maximum absolute atomic E-state index is 4.56. The van der Waals surface area contributed by atoms with Crippen molar-refractivity contribution in [1.82, 2.24) is 10.3 Å². The maximum atomic E-state index is 4.56. The number of para-hydroxylation sites is 1. The zero-order chi connectivity index (χ0) is 11.9. The molecule has 3 heterocycles. The van der Waals surface area contributed by atoms with Gasteiger partial charge in [0.25, 0.3) is 0 Å². The highest BCUT2D eigenvalue weighted by atomic mass is 15.2. The molecular weight excluding hydrogens is 222 g/mol. The van der Waals surface area contributed by atoms with Gasteiger partial charge in [0.2, 0.25) is 0 Å². The number of aromatic nitrogens is 1. The second kappa shape index (κ2) is 3.95. The fourth-order valence-electron chi connectivity index (χ4n) is 3.30. The van der Waals surface area contributed by atoms with E-state index in [1.54, 1.807) is 0 Å². The number of fused-ring (bicyclic) bond motifs is 2. The fourth-order valence-corrected chi connectivity index (χ4v) is 3.30. The lowest BCUT2D eigenvalue weighted by Crippen LogP contribution is -2.25. The van der Waals surface area contributed by atoms with E-state index in [1.807, 2.05) is 12.3 Å². The predicted octanol–water partition coefficient (Wildman–Crippen LogP) is 1.89. The molecule has 2 saturated heterocycles. The lowest BCUT2D eigenvalue weighted by atomic mass is 10.0. The second-order valence-corrected chi connectivity index (χ2v) is 5.47. The van der Waals surface area contributed by atoms with E-state index in [9.17, 15) is 0 Å². The van der Waals surface area contributed by atoms with E-state index < -0.39 is 0 Å². The van der Waals surface area contributed by atoms with Crippen LogP contribution in [0.1, 0.15) is 0 Å². The van der Waals surface area contributed by atoms with Crippen molar-refractivity contribution in [2.24, 2.45) is 11.8 Å². The number of nitrogens with zero attached hydrogens (tertiary/aromatic N) is 2. The highest BCUT2D eigenvalue weighted by Gasteiger charge is 2.36. The van der Waals surface area contributed by atoms with E-state index in [-0.39, 0.29) is 0 Å². The molecule has 2 atom stereocenters. The third-order valence-electron chi connectivity index (χ3n) is 4.33. The van der Waals surface area contributed by atoms with Crippen molar-refractivity contribution < 1.29 is 0 Å². The Balaban J connectivity index is 1.67. The van der Waals surface area contributed by atoms with Crippen LogP contribution in [-0.2, 0) is 0 Å². The summed E-state index contributed by atoms with van der Waals surface area (Å²) in [7, 11) is 0. The molecule has 2 aromatic rings. The van der Waals surface area contributed by atoms with Gasteiger partial charge in [0.05, 0.1) is 17.4 Å². The third kappa shape index (κ3) is 1.58. The summed E-state index contributed by atoms with van der Waals surface area (Å²) in [5.41, 5.74) is 2.37. The van der Waals surface area contributed by atoms with Gasteiger partial charge in [-0.1, -0.05) is 18.2 Å². The monoisotopic (exact) mass is 239 g/mol. The smallest absolute Gasteiger partial charge is 0.0703 e. The van der Waals surface area contributed by atoms with Crippen molar-refractivity contribution in [2.75, 3.05) is 31.1 Å². The van der Waals surface area contributed by atoms with Gasteiger partial charge in [-0.3, -0.25) is 4.98 Å². The molecule has 1 aromatic heterocycles. The van der Waals surface area contributed by atoms with Crippen LogP contribution in [0.4, 0.5) is 5.69 Å². The Morgan fingerprint density at radius 2 is 1.89 bits per heavy atom. The van der Waals surface area contributed by atoms with Crippen LogP contribution in [0, 0.1) is 11.8 Å². The van der Waals surface area contributed by atoms with Gasteiger partial charge in [0, 0.05) is 31.6 Å². The summed E-state index contributed by atoms with van der Waals surface area (Å²) >= 11 is 0. The zero-order valence-corrected chi connectivity index (χ0v) is 10.3. The normalized spacial score (nSPS) is 26.8. The largest absolute Gasteiger partial charge is 0.370 e. The number of rotatable bonds is 1. The fraction of sp³-hybridized carbons (Fsp3) is 0.400. The van der Waals surface area contributed by atoms with Crippen molar-refractivity contribution in [3.05, 3.63) is 36.5 Å². The first-order valence-electron chi connectivity index (χ1n) is 6.70. The molecule has 2 aliphatic heterocycles. The summed E-state index contributed by atoms with van der Waals surface area (Å²) in [4.78, 5) is 7.06. The molecule has 1 N–H and O–H groups in total. The minimum Gasteiger partial charge on any atom is -0.370 e. The number of nitrogens with one attached hydrogen (secondary N) is 1. The summed E-state index contributed by atoms with van der Waals surface area (Å²) < 4.78 is 0. The van der Waals surface area contributed by atoms with Gasteiger partial charge >= 0.3 is 0 Å². The van der Waals surface area contributed by atoms with Crippen LogP contribution < -0.4 is 10.2 Å². The maximum Gasteiger partial charge on any atom is 0.0703 e. The van der Waals surface area contributed by atoms with Crippen molar-refractivity contribution in [2.45, 2.75) is 0 Å². The van der Waals surface area contributed by atoms with Crippen molar-refractivity contribution >= 4 is 16.6 Å². The zero-order valence-electron chi connectivity index (χ0n) is 10.3. The van der Waals surface area contributed by atoms with E-state index in [0.717, 1.165) is 17.4 Å². The van der Waals surface area contributed by atoms with Gasteiger partial charge < -0.3 is 10.2 Å². The average molecular weight is 239 g/mol. The van der Waals surface area contributed by atoms with Gasteiger partial charge in [-0.25, -0.2) is 0 Å². The van der Waals surface area contributed by atoms with Crippen LogP contribution in [0.5, 0.6) is 0 Å². The number of anilines is 1. The number of hydrogen-bond donors (Lipinski definition) is 1. The molecule has 4 rings (SSSR count). The molecule has 3 nitrogen and oxygen atoms in total. The molecule has 0 spiro atoms. The van der Waals surface area contributed by atoms with Crippen molar-refractivity contribution in [1.29, 1.82) is 0 Å². The topological polar surface area (TPSA) is 28.2 Å². The number of hydrogen-bond acceptors (Lipinski definition) is 3. The first-order chi connectivity index (χ1) is 8.90. The first kappa shape index (κ1) is 10.3. The molecule has 0 bridgehead atoms.